The SMILES string of the molecule is CCCCOc1c(Br)cc(C=NN=C(N)SCc2ccccc2)cc1OCC. The lowest BCUT2D eigenvalue weighted by atomic mass is 10.2. The molecule has 2 aromatic rings. The van der Waals surface area contributed by atoms with E-state index < -0.39 is 0 Å². The van der Waals surface area contributed by atoms with Gasteiger partial charge in [-0.15, -0.1) is 5.10 Å². The van der Waals surface area contributed by atoms with Crippen LogP contribution in [0.4, 0.5) is 0 Å². The molecule has 0 aliphatic heterocycles. The van der Waals surface area contributed by atoms with Gasteiger partial charge in [0.25, 0.3) is 0 Å². The van der Waals surface area contributed by atoms with Crippen molar-refractivity contribution in [2.45, 2.75) is 32.4 Å². The average Bonchev–Trinajstić information content (AvgIpc) is 2.69. The number of benzene rings is 2. The van der Waals surface area contributed by atoms with E-state index in [-0.39, 0.29) is 0 Å². The summed E-state index contributed by atoms with van der Waals surface area (Å²) < 4.78 is 12.4. The van der Waals surface area contributed by atoms with Gasteiger partial charge >= 0.3 is 0 Å². The van der Waals surface area contributed by atoms with Crippen molar-refractivity contribution < 1.29 is 9.47 Å². The maximum absolute atomic E-state index is 5.93. The molecule has 2 rings (SSSR count). The molecular formula is C21H26BrN3O2S. The highest BCUT2D eigenvalue weighted by Gasteiger charge is 2.11. The second kappa shape index (κ2) is 12.5. The molecule has 0 amide bonds. The molecule has 0 saturated heterocycles. The summed E-state index contributed by atoms with van der Waals surface area (Å²) in [5, 5.41) is 8.58. The van der Waals surface area contributed by atoms with Gasteiger partial charge in [-0.25, -0.2) is 0 Å². The molecule has 0 fully saturated rings. The van der Waals surface area contributed by atoms with Crippen LogP contribution < -0.4 is 15.2 Å². The molecule has 5 nitrogen and oxygen atoms in total. The van der Waals surface area contributed by atoms with E-state index in [0.717, 1.165) is 28.6 Å². The molecule has 2 aromatic carbocycles. The van der Waals surface area contributed by atoms with Gasteiger partial charge in [0.1, 0.15) is 0 Å². The molecule has 0 aliphatic rings. The van der Waals surface area contributed by atoms with E-state index in [1.54, 1.807) is 6.21 Å². The van der Waals surface area contributed by atoms with E-state index in [9.17, 15) is 0 Å². The number of rotatable bonds is 10. The van der Waals surface area contributed by atoms with Crippen LogP contribution in [0.1, 0.15) is 37.8 Å². The fourth-order valence-electron chi connectivity index (χ4n) is 2.30. The largest absolute Gasteiger partial charge is 0.490 e. The van der Waals surface area contributed by atoms with Crippen LogP contribution in [0.15, 0.2) is 57.1 Å². The van der Waals surface area contributed by atoms with Gasteiger partial charge in [-0.2, -0.15) is 5.10 Å². The molecular weight excluding hydrogens is 438 g/mol. The van der Waals surface area contributed by atoms with Crippen molar-refractivity contribution >= 4 is 39.1 Å². The number of thioether (sulfide) groups is 1. The van der Waals surface area contributed by atoms with Gasteiger partial charge in [0.2, 0.25) is 0 Å². The molecule has 0 aromatic heterocycles. The van der Waals surface area contributed by atoms with Crippen molar-refractivity contribution in [1.29, 1.82) is 0 Å². The highest BCUT2D eigenvalue weighted by molar-refractivity contribution is 9.10. The summed E-state index contributed by atoms with van der Waals surface area (Å²) in [5.41, 5.74) is 7.97. The monoisotopic (exact) mass is 463 g/mol. The Morgan fingerprint density at radius 2 is 1.96 bits per heavy atom. The summed E-state index contributed by atoms with van der Waals surface area (Å²) in [7, 11) is 0. The maximum atomic E-state index is 5.93. The third-order valence-electron chi connectivity index (χ3n) is 3.67. The molecule has 0 saturated carbocycles. The molecule has 0 bridgehead atoms. The number of nitrogens with two attached hydrogens (primary N) is 1. The van der Waals surface area contributed by atoms with Crippen LogP contribution >= 0.6 is 27.7 Å². The minimum atomic E-state index is 0.420. The van der Waals surface area contributed by atoms with Crippen molar-refractivity contribution in [3.05, 3.63) is 58.1 Å². The van der Waals surface area contributed by atoms with Crippen LogP contribution in [0.25, 0.3) is 0 Å². The molecule has 0 spiro atoms. The summed E-state index contributed by atoms with van der Waals surface area (Å²) in [6, 6.07) is 13.9. The van der Waals surface area contributed by atoms with Gasteiger partial charge in [-0.05, 0) is 52.5 Å². The summed E-state index contributed by atoms with van der Waals surface area (Å²) in [4.78, 5) is 0. The summed E-state index contributed by atoms with van der Waals surface area (Å²) in [5.74, 6) is 2.16. The van der Waals surface area contributed by atoms with E-state index in [1.165, 1.54) is 17.3 Å². The summed E-state index contributed by atoms with van der Waals surface area (Å²) >= 11 is 5.01. The first-order chi connectivity index (χ1) is 13.6. The number of amidine groups is 1. The van der Waals surface area contributed by atoms with E-state index in [2.05, 4.69) is 45.2 Å². The molecule has 0 radical (unpaired) electrons. The molecule has 0 unspecified atom stereocenters. The predicted octanol–water partition coefficient (Wildman–Crippen LogP) is 5.61. The normalized spacial score (nSPS) is 11.8. The van der Waals surface area contributed by atoms with Crippen LogP contribution in [0.2, 0.25) is 0 Å². The molecule has 28 heavy (non-hydrogen) atoms. The number of hydrogen-bond acceptors (Lipinski definition) is 5. The second-order valence-electron chi connectivity index (χ2n) is 5.92. The van der Waals surface area contributed by atoms with Crippen LogP contribution in [-0.2, 0) is 5.75 Å². The van der Waals surface area contributed by atoms with Gasteiger partial charge in [-0.1, -0.05) is 55.4 Å². The topological polar surface area (TPSA) is 69.2 Å². The first kappa shape index (κ1) is 22.3. The predicted molar refractivity (Wildman–Crippen MR) is 123 cm³/mol. The Bertz CT molecular complexity index is 798. The first-order valence-corrected chi connectivity index (χ1v) is 11.0. The van der Waals surface area contributed by atoms with E-state index in [1.807, 2.05) is 37.3 Å². The standard InChI is InChI=1S/C21H26BrN3O2S/c1-3-5-11-27-20-18(22)12-17(13-19(20)26-4-2)14-24-25-21(23)28-15-16-9-7-6-8-10-16/h6-10,12-14H,3-5,11,15H2,1-2H3,(H2,23,25). The van der Waals surface area contributed by atoms with Crippen LogP contribution in [0.5, 0.6) is 11.5 Å². The quantitative estimate of drug-likeness (QED) is 0.215. The number of ether oxygens (including phenoxy) is 2. The lowest BCUT2D eigenvalue weighted by molar-refractivity contribution is 0.271. The average molecular weight is 464 g/mol. The number of hydrogen-bond donors (Lipinski definition) is 1. The minimum absolute atomic E-state index is 0.420. The zero-order valence-corrected chi connectivity index (χ0v) is 18.6. The van der Waals surface area contributed by atoms with Crippen LogP contribution in [0.3, 0.4) is 0 Å². The first-order valence-electron chi connectivity index (χ1n) is 9.26. The Kier molecular flexibility index (Phi) is 9.93. The highest BCUT2D eigenvalue weighted by Crippen LogP contribution is 2.36. The van der Waals surface area contributed by atoms with E-state index in [0.29, 0.717) is 29.9 Å². The summed E-state index contributed by atoms with van der Waals surface area (Å²) in [6.45, 7) is 5.28. The van der Waals surface area contributed by atoms with Crippen molar-refractivity contribution in [1.82, 2.24) is 0 Å². The Hall–Kier alpha value is -1.99. The zero-order chi connectivity index (χ0) is 20.2. The summed E-state index contributed by atoms with van der Waals surface area (Å²) in [6.07, 6.45) is 3.73. The number of nitrogens with zero attached hydrogens (tertiary/aromatic N) is 2. The zero-order valence-electron chi connectivity index (χ0n) is 16.2. The van der Waals surface area contributed by atoms with Gasteiger partial charge in [-0.3, -0.25) is 0 Å². The Morgan fingerprint density at radius 3 is 2.68 bits per heavy atom. The van der Waals surface area contributed by atoms with Crippen molar-refractivity contribution in [2.24, 2.45) is 15.9 Å². The molecule has 7 heteroatoms. The molecule has 0 heterocycles. The smallest absolute Gasteiger partial charge is 0.180 e. The van der Waals surface area contributed by atoms with Crippen LogP contribution in [0, 0.1) is 0 Å². The van der Waals surface area contributed by atoms with Gasteiger partial charge < -0.3 is 15.2 Å². The second-order valence-corrected chi connectivity index (χ2v) is 7.77. The van der Waals surface area contributed by atoms with Crippen molar-refractivity contribution in [3.63, 3.8) is 0 Å². The maximum Gasteiger partial charge on any atom is 0.180 e. The Balaban J connectivity index is 2.03. The molecule has 150 valence electrons. The fraction of sp³-hybridized carbons (Fsp3) is 0.333. The van der Waals surface area contributed by atoms with E-state index >= 15 is 0 Å². The van der Waals surface area contributed by atoms with Crippen LogP contribution in [-0.4, -0.2) is 24.6 Å². The Morgan fingerprint density at radius 1 is 1.18 bits per heavy atom. The van der Waals surface area contributed by atoms with Gasteiger partial charge in [0, 0.05) is 5.75 Å². The van der Waals surface area contributed by atoms with Crippen molar-refractivity contribution in [2.75, 3.05) is 13.2 Å². The number of unbranched alkanes of at least 4 members (excludes halogenated alkanes) is 1. The highest BCUT2D eigenvalue weighted by atomic mass is 79.9. The van der Waals surface area contributed by atoms with Crippen molar-refractivity contribution in [3.8, 4) is 11.5 Å². The lowest BCUT2D eigenvalue weighted by Gasteiger charge is -2.14. The van der Waals surface area contributed by atoms with Gasteiger partial charge in [0.05, 0.1) is 23.9 Å². The fourth-order valence-corrected chi connectivity index (χ4v) is 3.48. The third-order valence-corrected chi connectivity index (χ3v) is 5.11. The molecule has 2 N–H and O–H groups in total. The lowest BCUT2D eigenvalue weighted by Crippen LogP contribution is -2.06. The molecule has 0 atom stereocenters. The number of halogens is 1. The van der Waals surface area contributed by atoms with Gasteiger partial charge in [0.15, 0.2) is 16.7 Å². The Labute approximate surface area is 179 Å². The molecule has 0 aliphatic carbocycles. The van der Waals surface area contributed by atoms with E-state index in [4.69, 9.17) is 15.2 Å². The minimum Gasteiger partial charge on any atom is -0.490 e. The third kappa shape index (κ3) is 7.56.